The van der Waals surface area contributed by atoms with E-state index in [1.807, 2.05) is 0 Å². The normalized spacial score (nSPS) is 42.0. The molecule has 0 saturated carbocycles. The van der Waals surface area contributed by atoms with Crippen LogP contribution in [0.3, 0.4) is 0 Å². The first-order chi connectivity index (χ1) is 5.79. The van der Waals surface area contributed by atoms with Gasteiger partial charge in [-0.2, -0.15) is 0 Å². The smallest absolute Gasteiger partial charge is 0.0845 e. The van der Waals surface area contributed by atoms with Crippen LogP contribution in [0.2, 0.25) is 0 Å². The Morgan fingerprint density at radius 1 is 1.50 bits per heavy atom. The van der Waals surface area contributed by atoms with Crippen molar-refractivity contribution < 1.29 is 4.74 Å². The summed E-state index contributed by atoms with van der Waals surface area (Å²) in [7, 11) is 0. The van der Waals surface area contributed by atoms with Crippen molar-refractivity contribution in [3.8, 4) is 0 Å². The zero-order chi connectivity index (χ0) is 8.60. The van der Waals surface area contributed by atoms with Gasteiger partial charge in [-0.25, -0.2) is 0 Å². The van der Waals surface area contributed by atoms with Gasteiger partial charge < -0.3 is 4.74 Å². The number of rotatable bonds is 2. The van der Waals surface area contributed by atoms with Crippen molar-refractivity contribution in [2.75, 3.05) is 19.7 Å². The van der Waals surface area contributed by atoms with Crippen LogP contribution in [-0.4, -0.2) is 36.2 Å². The van der Waals surface area contributed by atoms with Crippen molar-refractivity contribution in [2.45, 2.75) is 44.8 Å². The Labute approximate surface area is 74.9 Å². The fourth-order valence-electron chi connectivity index (χ4n) is 2.57. The van der Waals surface area contributed by atoms with Crippen LogP contribution in [0.25, 0.3) is 0 Å². The highest BCUT2D eigenvalue weighted by Gasteiger charge is 2.47. The molecule has 2 heterocycles. The minimum absolute atomic E-state index is 0.288. The average molecular weight is 169 g/mol. The van der Waals surface area contributed by atoms with Crippen LogP contribution in [0.4, 0.5) is 0 Å². The van der Waals surface area contributed by atoms with Crippen molar-refractivity contribution in [2.24, 2.45) is 0 Å². The van der Waals surface area contributed by atoms with Gasteiger partial charge in [0.05, 0.1) is 12.2 Å². The molecule has 0 aromatic heterocycles. The predicted molar refractivity (Wildman–Crippen MR) is 49.2 cm³/mol. The molecule has 70 valence electrons. The summed E-state index contributed by atoms with van der Waals surface area (Å²) in [5.41, 5.74) is 0.288. The fraction of sp³-hybridized carbons (Fsp3) is 1.00. The topological polar surface area (TPSA) is 12.5 Å². The lowest BCUT2D eigenvalue weighted by Crippen LogP contribution is -2.45. The van der Waals surface area contributed by atoms with Gasteiger partial charge in [0.25, 0.3) is 0 Å². The van der Waals surface area contributed by atoms with Crippen LogP contribution < -0.4 is 0 Å². The second kappa shape index (κ2) is 3.00. The van der Waals surface area contributed by atoms with Crippen molar-refractivity contribution in [1.82, 2.24) is 4.90 Å². The van der Waals surface area contributed by atoms with Gasteiger partial charge in [0.15, 0.2) is 0 Å². The van der Waals surface area contributed by atoms with Gasteiger partial charge >= 0.3 is 0 Å². The van der Waals surface area contributed by atoms with E-state index < -0.39 is 0 Å². The summed E-state index contributed by atoms with van der Waals surface area (Å²) in [6.45, 7) is 7.89. The molecule has 2 nitrogen and oxygen atoms in total. The van der Waals surface area contributed by atoms with Crippen molar-refractivity contribution >= 4 is 0 Å². The van der Waals surface area contributed by atoms with Gasteiger partial charge in [-0.1, -0.05) is 13.8 Å². The minimum atomic E-state index is 0.288. The van der Waals surface area contributed by atoms with E-state index in [9.17, 15) is 0 Å². The van der Waals surface area contributed by atoms with Gasteiger partial charge in [0.1, 0.15) is 0 Å². The molecule has 0 radical (unpaired) electrons. The molecule has 2 saturated heterocycles. The molecular weight excluding hydrogens is 150 g/mol. The number of hydrogen-bond donors (Lipinski definition) is 0. The van der Waals surface area contributed by atoms with Gasteiger partial charge in [0, 0.05) is 19.0 Å². The zero-order valence-corrected chi connectivity index (χ0v) is 8.18. The number of ether oxygens (including phenoxy) is 1. The van der Waals surface area contributed by atoms with E-state index in [1.165, 1.54) is 32.4 Å². The van der Waals surface area contributed by atoms with E-state index in [-0.39, 0.29) is 5.60 Å². The highest BCUT2D eigenvalue weighted by molar-refractivity contribution is 5.00. The maximum Gasteiger partial charge on any atom is 0.0845 e. The molecule has 0 N–H and O–H groups in total. The number of likely N-dealkylation sites (tertiary alicyclic amines) is 1. The zero-order valence-electron chi connectivity index (χ0n) is 8.18. The Balaban J connectivity index is 1.99. The number of hydrogen-bond acceptors (Lipinski definition) is 2. The van der Waals surface area contributed by atoms with Gasteiger partial charge in [0.2, 0.25) is 0 Å². The van der Waals surface area contributed by atoms with Crippen LogP contribution in [0.1, 0.15) is 33.1 Å². The molecule has 0 amide bonds. The maximum atomic E-state index is 5.70. The molecule has 1 unspecified atom stereocenters. The molecule has 0 aromatic rings. The highest BCUT2D eigenvalue weighted by Crippen LogP contribution is 2.39. The maximum absolute atomic E-state index is 5.70. The third-order valence-electron chi connectivity index (χ3n) is 3.46. The summed E-state index contributed by atoms with van der Waals surface area (Å²) in [5.74, 6) is 0. The number of likely N-dealkylation sites (N-methyl/N-ethyl adjacent to an activating group) is 1. The van der Waals surface area contributed by atoms with Crippen molar-refractivity contribution in [1.29, 1.82) is 0 Å². The Hall–Kier alpha value is -0.0800. The van der Waals surface area contributed by atoms with Gasteiger partial charge in [-0.05, 0) is 19.4 Å². The lowest BCUT2D eigenvalue weighted by Gasteiger charge is -2.38. The van der Waals surface area contributed by atoms with Crippen LogP contribution >= 0.6 is 0 Å². The predicted octanol–water partition coefficient (Wildman–Crippen LogP) is 1.65. The first-order valence-electron chi connectivity index (χ1n) is 5.17. The lowest BCUT2D eigenvalue weighted by molar-refractivity contribution is -0.137. The monoisotopic (exact) mass is 169 g/mol. The van der Waals surface area contributed by atoms with Crippen LogP contribution in [0, 0.1) is 0 Å². The molecule has 2 rings (SSSR count). The van der Waals surface area contributed by atoms with E-state index in [0.717, 1.165) is 12.6 Å². The molecule has 0 bridgehead atoms. The van der Waals surface area contributed by atoms with E-state index >= 15 is 0 Å². The molecule has 12 heavy (non-hydrogen) atoms. The molecule has 2 aliphatic heterocycles. The molecule has 0 aromatic carbocycles. The summed E-state index contributed by atoms with van der Waals surface area (Å²) in [6.07, 6.45) is 3.84. The average Bonchev–Trinajstić information content (AvgIpc) is 2.42. The summed E-state index contributed by atoms with van der Waals surface area (Å²) in [4.78, 5) is 2.57. The third kappa shape index (κ3) is 1.17. The van der Waals surface area contributed by atoms with Crippen LogP contribution in [-0.2, 0) is 4.74 Å². The second-order valence-electron chi connectivity index (χ2n) is 4.11. The molecule has 0 aliphatic carbocycles. The van der Waals surface area contributed by atoms with Crippen molar-refractivity contribution in [3.05, 3.63) is 0 Å². The first kappa shape index (κ1) is 8.52. The standard InChI is InChI=1S/C10H19NO/c1-3-9-7-10(5-6-12-10)8-11(9)4-2/h9H,3-8H2,1-2H3/t9-,10?/m1/s1. The molecular formula is C10H19NO. The van der Waals surface area contributed by atoms with E-state index in [2.05, 4.69) is 18.7 Å². The Bertz CT molecular complexity index is 151. The van der Waals surface area contributed by atoms with Crippen LogP contribution in [0.15, 0.2) is 0 Å². The van der Waals surface area contributed by atoms with E-state index in [1.54, 1.807) is 0 Å². The number of nitrogens with zero attached hydrogens (tertiary/aromatic N) is 1. The first-order valence-corrected chi connectivity index (χ1v) is 5.17. The molecule has 2 fully saturated rings. The fourth-order valence-corrected chi connectivity index (χ4v) is 2.57. The quantitative estimate of drug-likeness (QED) is 0.623. The van der Waals surface area contributed by atoms with Crippen molar-refractivity contribution in [3.63, 3.8) is 0 Å². The Morgan fingerprint density at radius 3 is 2.58 bits per heavy atom. The second-order valence-corrected chi connectivity index (χ2v) is 4.11. The molecule has 2 atom stereocenters. The van der Waals surface area contributed by atoms with Gasteiger partial charge in [-0.15, -0.1) is 0 Å². The summed E-state index contributed by atoms with van der Waals surface area (Å²) in [5, 5.41) is 0. The van der Waals surface area contributed by atoms with Crippen LogP contribution in [0.5, 0.6) is 0 Å². The summed E-state index contributed by atoms with van der Waals surface area (Å²) < 4.78 is 5.70. The summed E-state index contributed by atoms with van der Waals surface area (Å²) >= 11 is 0. The minimum Gasteiger partial charge on any atom is -0.373 e. The SMILES string of the molecule is CC[C@@H]1CC2(CCO2)CN1CC. The Morgan fingerprint density at radius 2 is 2.25 bits per heavy atom. The molecule has 2 heteroatoms. The molecule has 1 spiro atoms. The van der Waals surface area contributed by atoms with E-state index in [0.29, 0.717) is 0 Å². The summed E-state index contributed by atoms with van der Waals surface area (Å²) in [6, 6.07) is 0.787. The molecule has 2 aliphatic rings. The van der Waals surface area contributed by atoms with E-state index in [4.69, 9.17) is 4.74 Å². The highest BCUT2D eigenvalue weighted by atomic mass is 16.5. The van der Waals surface area contributed by atoms with Gasteiger partial charge in [-0.3, -0.25) is 4.90 Å². The lowest BCUT2D eigenvalue weighted by atomic mass is 9.91. The largest absolute Gasteiger partial charge is 0.373 e. The third-order valence-corrected chi connectivity index (χ3v) is 3.46. The Kier molecular flexibility index (Phi) is 2.13.